The number of benzene rings is 1. The van der Waals surface area contributed by atoms with E-state index in [-0.39, 0.29) is 16.4 Å². The van der Waals surface area contributed by atoms with Gasteiger partial charge < -0.3 is 4.90 Å². The number of hydrogen-bond acceptors (Lipinski definition) is 8. The van der Waals surface area contributed by atoms with Crippen LogP contribution in [0.1, 0.15) is 63.4 Å². The summed E-state index contributed by atoms with van der Waals surface area (Å²) in [6, 6.07) is 3.26. The molecule has 1 aliphatic rings. The van der Waals surface area contributed by atoms with Gasteiger partial charge in [0.25, 0.3) is 15.9 Å². The second-order valence-corrected chi connectivity index (χ2v) is 11.5. The quantitative estimate of drug-likeness (QED) is 0.508. The molecule has 0 spiro atoms. The van der Waals surface area contributed by atoms with Gasteiger partial charge in [-0.25, -0.2) is 17.3 Å². The van der Waals surface area contributed by atoms with Gasteiger partial charge in [-0.1, -0.05) is 13.8 Å². The van der Waals surface area contributed by atoms with E-state index >= 15 is 0 Å². The lowest BCUT2D eigenvalue weighted by Crippen LogP contribution is -2.32. The van der Waals surface area contributed by atoms with E-state index in [1.807, 2.05) is 13.8 Å². The molecule has 0 bridgehead atoms. The fourth-order valence-corrected chi connectivity index (χ4v) is 5.98. The molecule has 0 unspecified atom stereocenters. The number of amides is 1. The average molecular weight is 463 g/mol. The molecule has 0 radical (unpaired) electrons. The van der Waals surface area contributed by atoms with E-state index < -0.39 is 42.7 Å². The first kappa shape index (κ1) is 24.8. The topological polar surface area (TPSA) is 102 Å². The second-order valence-electron chi connectivity index (χ2n) is 8.13. The number of phosphoric ester groups is 1. The predicted molar refractivity (Wildman–Crippen MR) is 114 cm³/mol. The van der Waals surface area contributed by atoms with Crippen LogP contribution in [0.5, 0.6) is 0 Å². The van der Waals surface area contributed by atoms with Crippen molar-refractivity contribution in [1.82, 2.24) is 4.31 Å². The lowest BCUT2D eigenvalue weighted by atomic mass is 9.95. The maximum absolute atomic E-state index is 13.1. The first-order valence-corrected chi connectivity index (χ1v) is 12.6. The number of rotatable bonds is 9. The Morgan fingerprint density at radius 2 is 1.57 bits per heavy atom. The molecule has 0 saturated heterocycles. The number of hydrogen-bond donors (Lipinski definition) is 0. The summed E-state index contributed by atoms with van der Waals surface area (Å²) in [6.07, 6.45) is -0.985. The van der Waals surface area contributed by atoms with Crippen LogP contribution >= 0.6 is 7.82 Å². The summed E-state index contributed by atoms with van der Waals surface area (Å²) in [5, 5.41) is 0. The van der Waals surface area contributed by atoms with Crippen LogP contribution in [0.3, 0.4) is 0 Å². The van der Waals surface area contributed by atoms with Gasteiger partial charge in [0.2, 0.25) is 0 Å². The zero-order valence-corrected chi connectivity index (χ0v) is 20.4. The number of carbonyl (C=O) groups is 1. The number of phosphoric acid groups is 1. The van der Waals surface area contributed by atoms with Crippen molar-refractivity contribution in [2.24, 2.45) is 0 Å². The molecule has 0 aliphatic carbocycles. The number of fused-ring (bicyclic) bond motifs is 1. The Hall–Kier alpha value is -1.45. The van der Waals surface area contributed by atoms with Crippen molar-refractivity contribution < 1.29 is 31.3 Å². The molecule has 1 aromatic rings. The molecule has 0 aromatic heterocycles. The lowest BCUT2D eigenvalue weighted by molar-refractivity contribution is 0.0496. The van der Waals surface area contributed by atoms with Gasteiger partial charge in [-0.05, 0) is 51.3 Å². The van der Waals surface area contributed by atoms with Crippen molar-refractivity contribution >= 4 is 29.4 Å². The summed E-state index contributed by atoms with van der Waals surface area (Å²) in [5.41, 5.74) is 1.39. The molecule has 1 amide bonds. The number of sulfonamides is 1. The molecule has 170 valence electrons. The largest absolute Gasteiger partial charge is 0.477 e. The third-order valence-electron chi connectivity index (χ3n) is 4.28. The van der Waals surface area contributed by atoms with Gasteiger partial charge in [0, 0.05) is 19.8 Å². The van der Waals surface area contributed by atoms with Gasteiger partial charge >= 0.3 is 7.82 Å². The first-order chi connectivity index (χ1) is 13.7. The van der Waals surface area contributed by atoms with E-state index in [1.54, 1.807) is 52.8 Å². The summed E-state index contributed by atoms with van der Waals surface area (Å²) < 4.78 is 55.6. The smallest absolute Gasteiger partial charge is 0.378 e. The Labute approximate surface area is 179 Å². The van der Waals surface area contributed by atoms with Crippen molar-refractivity contribution in [3.8, 4) is 0 Å². The maximum atomic E-state index is 13.1. The molecule has 0 saturated carbocycles. The zero-order chi connectivity index (χ0) is 23.0. The summed E-state index contributed by atoms with van der Waals surface area (Å²) in [4.78, 5) is 14.7. The molecule has 0 N–H and O–H groups in total. The molecule has 1 aliphatic heterocycles. The van der Waals surface area contributed by atoms with Gasteiger partial charge in [0.05, 0.1) is 17.8 Å². The van der Waals surface area contributed by atoms with E-state index in [0.29, 0.717) is 15.6 Å². The van der Waals surface area contributed by atoms with Crippen LogP contribution in [0.4, 0.5) is 5.69 Å². The van der Waals surface area contributed by atoms with Gasteiger partial charge in [-0.2, -0.15) is 0 Å². The van der Waals surface area contributed by atoms with E-state index in [4.69, 9.17) is 13.6 Å². The summed E-state index contributed by atoms with van der Waals surface area (Å²) in [6.45, 7) is 9.57. The third-order valence-corrected chi connectivity index (χ3v) is 7.80. The summed E-state index contributed by atoms with van der Waals surface area (Å²) in [5.74, 6) is -0.807. The van der Waals surface area contributed by atoms with Crippen LogP contribution in [0, 0.1) is 0 Å². The molecule has 30 heavy (non-hydrogen) atoms. The first-order valence-electron chi connectivity index (χ1n) is 9.73. The van der Waals surface area contributed by atoms with E-state index in [0.717, 1.165) is 0 Å². The van der Waals surface area contributed by atoms with Crippen molar-refractivity contribution in [2.75, 3.05) is 25.7 Å². The highest BCUT2D eigenvalue weighted by Crippen LogP contribution is 2.52. The molecule has 11 heteroatoms. The van der Waals surface area contributed by atoms with Crippen molar-refractivity contribution in [3.63, 3.8) is 0 Å². The normalized spacial score (nSPS) is 16.1. The highest BCUT2D eigenvalue weighted by atomic mass is 32.2. The number of anilines is 1. The lowest BCUT2D eigenvalue weighted by Gasteiger charge is -2.24. The van der Waals surface area contributed by atoms with Crippen LogP contribution in [-0.2, 0) is 28.2 Å². The Morgan fingerprint density at radius 3 is 2.00 bits per heavy atom. The van der Waals surface area contributed by atoms with Crippen LogP contribution in [0.2, 0.25) is 0 Å². The standard InChI is InChI=1S/C19H31N2O7PS/c1-12(2)16-9-15(20(7)8)10-17-18(16)19(22)21(30(17,24)25)11-26-29(23,27-13(3)4)28-14(5)6/h9-10,12-14H,11H2,1-8H3. The zero-order valence-electron chi connectivity index (χ0n) is 18.7. The Kier molecular flexibility index (Phi) is 7.41. The Bertz CT molecular complexity index is 944. The van der Waals surface area contributed by atoms with Crippen LogP contribution in [0.25, 0.3) is 0 Å². The number of carbonyl (C=O) groups excluding carboxylic acids is 1. The van der Waals surface area contributed by atoms with Crippen molar-refractivity contribution in [3.05, 3.63) is 23.3 Å². The molecular weight excluding hydrogens is 431 g/mol. The SMILES string of the molecule is CC(C)OP(=O)(OCN1C(=O)c2c(C(C)C)cc(N(C)C)cc2S1(=O)=O)OC(C)C. The molecule has 0 atom stereocenters. The highest BCUT2D eigenvalue weighted by Gasteiger charge is 2.45. The van der Waals surface area contributed by atoms with Gasteiger partial charge in [0.15, 0.2) is 0 Å². The Balaban J connectivity index is 2.45. The molecule has 2 rings (SSSR count). The third kappa shape index (κ3) is 5.06. The van der Waals surface area contributed by atoms with Crippen molar-refractivity contribution in [2.45, 2.75) is 64.6 Å². The van der Waals surface area contributed by atoms with Crippen LogP contribution in [0.15, 0.2) is 17.0 Å². The van der Waals surface area contributed by atoms with Gasteiger partial charge in [-0.3, -0.25) is 18.4 Å². The van der Waals surface area contributed by atoms with E-state index in [9.17, 15) is 17.8 Å². The minimum atomic E-state index is -4.19. The highest BCUT2D eigenvalue weighted by molar-refractivity contribution is 7.90. The van der Waals surface area contributed by atoms with Crippen LogP contribution < -0.4 is 4.90 Å². The van der Waals surface area contributed by atoms with Gasteiger partial charge in [-0.15, -0.1) is 0 Å². The van der Waals surface area contributed by atoms with Gasteiger partial charge in [0.1, 0.15) is 11.6 Å². The van der Waals surface area contributed by atoms with Crippen molar-refractivity contribution in [1.29, 1.82) is 0 Å². The summed E-state index contributed by atoms with van der Waals surface area (Å²) in [7, 11) is -4.69. The summed E-state index contributed by atoms with van der Waals surface area (Å²) >= 11 is 0. The van der Waals surface area contributed by atoms with E-state index in [2.05, 4.69) is 0 Å². The number of nitrogens with zero attached hydrogens (tertiary/aromatic N) is 2. The average Bonchev–Trinajstić information content (AvgIpc) is 2.77. The van der Waals surface area contributed by atoms with Crippen LogP contribution in [-0.4, -0.2) is 51.7 Å². The maximum Gasteiger partial charge on any atom is 0.477 e. The fraction of sp³-hybridized carbons (Fsp3) is 0.632. The monoisotopic (exact) mass is 462 g/mol. The van der Waals surface area contributed by atoms with E-state index in [1.165, 1.54) is 6.07 Å². The molecule has 1 aromatic carbocycles. The predicted octanol–water partition coefficient (Wildman–Crippen LogP) is 3.95. The molecule has 0 fully saturated rings. The second kappa shape index (κ2) is 8.96. The fourth-order valence-electron chi connectivity index (χ4n) is 2.97. The Morgan fingerprint density at radius 1 is 1.03 bits per heavy atom. The molecule has 9 nitrogen and oxygen atoms in total. The minimum absolute atomic E-state index is 0.0849. The molecular formula is C19H31N2O7PS. The minimum Gasteiger partial charge on any atom is -0.378 e. The molecule has 1 heterocycles.